The van der Waals surface area contributed by atoms with E-state index in [4.69, 9.17) is 14.2 Å². The Morgan fingerprint density at radius 2 is 1.81 bits per heavy atom. The normalized spacial score (nSPS) is 10.1. The highest BCUT2D eigenvalue weighted by atomic mass is 79.9. The summed E-state index contributed by atoms with van der Waals surface area (Å²) in [5, 5.41) is 8.83. The first-order valence-electron chi connectivity index (χ1n) is 5.78. The predicted octanol–water partition coefficient (Wildman–Crippen LogP) is 1.85. The van der Waals surface area contributed by atoms with Crippen molar-refractivity contribution in [1.29, 1.82) is 0 Å². The number of aromatic amines is 1. The average molecular weight is 357 g/mol. The van der Waals surface area contributed by atoms with Crippen LogP contribution in [0, 0.1) is 0 Å². The van der Waals surface area contributed by atoms with E-state index in [1.165, 1.54) is 21.3 Å². The molecule has 0 unspecified atom stereocenters. The predicted molar refractivity (Wildman–Crippen MR) is 78.1 cm³/mol. The molecule has 0 aliphatic rings. The van der Waals surface area contributed by atoms with E-state index in [-0.39, 0.29) is 12.0 Å². The molecular weight excluding hydrogens is 344 g/mol. The standard InChI is InChI=1S/C12H13BrN4O4/c1-19-7-4-6(5-8(20-2)9(7)13)10(18)14-11-15-12(21-3)17-16-11/h4-5H,1-3H3,(H2,14,15,16,17,18). The van der Waals surface area contributed by atoms with Crippen LogP contribution in [-0.4, -0.2) is 42.4 Å². The minimum Gasteiger partial charge on any atom is -0.495 e. The molecule has 2 N–H and O–H groups in total. The van der Waals surface area contributed by atoms with E-state index >= 15 is 0 Å². The number of hydrogen-bond donors (Lipinski definition) is 2. The zero-order valence-electron chi connectivity index (χ0n) is 11.6. The first kappa shape index (κ1) is 15.1. The zero-order chi connectivity index (χ0) is 15.4. The molecule has 0 aliphatic heterocycles. The summed E-state index contributed by atoms with van der Waals surface area (Å²) in [5.41, 5.74) is 0.349. The first-order chi connectivity index (χ1) is 10.1. The minimum atomic E-state index is -0.391. The molecule has 0 saturated carbocycles. The van der Waals surface area contributed by atoms with Crippen LogP contribution in [0.1, 0.15) is 10.4 Å². The van der Waals surface area contributed by atoms with E-state index < -0.39 is 5.91 Å². The van der Waals surface area contributed by atoms with Gasteiger partial charge in [-0.25, -0.2) is 5.10 Å². The molecule has 0 fully saturated rings. The molecule has 112 valence electrons. The van der Waals surface area contributed by atoms with E-state index in [1.807, 2.05) is 0 Å². The van der Waals surface area contributed by atoms with Gasteiger partial charge in [0.05, 0.1) is 21.3 Å². The number of halogens is 1. The molecule has 0 radical (unpaired) electrons. The Hall–Kier alpha value is -2.29. The van der Waals surface area contributed by atoms with Gasteiger partial charge in [-0.2, -0.15) is 4.98 Å². The third kappa shape index (κ3) is 3.24. The van der Waals surface area contributed by atoms with E-state index in [1.54, 1.807) is 12.1 Å². The van der Waals surface area contributed by atoms with Crippen molar-refractivity contribution in [2.45, 2.75) is 0 Å². The minimum absolute atomic E-state index is 0.135. The molecular formula is C12H13BrN4O4. The zero-order valence-corrected chi connectivity index (χ0v) is 13.1. The van der Waals surface area contributed by atoms with Crippen molar-refractivity contribution in [2.75, 3.05) is 26.6 Å². The highest BCUT2D eigenvalue weighted by molar-refractivity contribution is 9.10. The number of carbonyl (C=O) groups excluding carboxylic acids is 1. The summed E-state index contributed by atoms with van der Waals surface area (Å²) in [4.78, 5) is 16.1. The van der Waals surface area contributed by atoms with Gasteiger partial charge in [-0.15, -0.1) is 5.10 Å². The molecule has 0 atom stereocenters. The number of nitrogens with one attached hydrogen (secondary N) is 2. The maximum Gasteiger partial charge on any atom is 0.336 e. The molecule has 8 nitrogen and oxygen atoms in total. The highest BCUT2D eigenvalue weighted by Gasteiger charge is 2.16. The SMILES string of the molecule is COc1n[nH]c(NC(=O)c2cc(OC)c(Br)c(OC)c2)n1. The largest absolute Gasteiger partial charge is 0.495 e. The molecule has 1 aromatic heterocycles. The average Bonchev–Trinajstić information content (AvgIpc) is 2.95. The third-order valence-corrected chi connectivity index (χ3v) is 3.37. The van der Waals surface area contributed by atoms with Crippen LogP contribution in [0.2, 0.25) is 0 Å². The smallest absolute Gasteiger partial charge is 0.336 e. The van der Waals surface area contributed by atoms with Crippen molar-refractivity contribution in [1.82, 2.24) is 15.2 Å². The van der Waals surface area contributed by atoms with Gasteiger partial charge in [0.2, 0.25) is 5.95 Å². The Balaban J connectivity index is 2.26. The molecule has 1 aromatic carbocycles. The maximum absolute atomic E-state index is 12.2. The Bertz CT molecular complexity index is 633. The fourth-order valence-electron chi connectivity index (χ4n) is 1.57. The van der Waals surface area contributed by atoms with Gasteiger partial charge < -0.3 is 14.2 Å². The van der Waals surface area contributed by atoms with Crippen LogP contribution in [-0.2, 0) is 0 Å². The highest BCUT2D eigenvalue weighted by Crippen LogP contribution is 2.35. The van der Waals surface area contributed by atoms with Crippen molar-refractivity contribution in [3.8, 4) is 17.5 Å². The van der Waals surface area contributed by atoms with E-state index in [9.17, 15) is 4.79 Å². The topological polar surface area (TPSA) is 98.4 Å². The lowest BCUT2D eigenvalue weighted by Gasteiger charge is -2.11. The van der Waals surface area contributed by atoms with Crippen LogP contribution < -0.4 is 19.5 Å². The van der Waals surface area contributed by atoms with Crippen LogP contribution in [0.15, 0.2) is 16.6 Å². The Kier molecular flexibility index (Phi) is 4.63. The summed E-state index contributed by atoms with van der Waals surface area (Å²) in [6.07, 6.45) is 0. The number of benzene rings is 1. The van der Waals surface area contributed by atoms with Crippen LogP contribution in [0.5, 0.6) is 17.5 Å². The van der Waals surface area contributed by atoms with Crippen molar-refractivity contribution >= 4 is 27.8 Å². The second-order valence-corrected chi connectivity index (χ2v) is 4.61. The van der Waals surface area contributed by atoms with Crippen LogP contribution in [0.4, 0.5) is 5.95 Å². The number of aromatic nitrogens is 3. The van der Waals surface area contributed by atoms with Crippen molar-refractivity contribution < 1.29 is 19.0 Å². The van der Waals surface area contributed by atoms with Gasteiger partial charge in [0.1, 0.15) is 16.0 Å². The number of hydrogen-bond acceptors (Lipinski definition) is 6. The van der Waals surface area contributed by atoms with Gasteiger partial charge in [-0.1, -0.05) is 0 Å². The summed E-state index contributed by atoms with van der Waals surface area (Å²) in [6.45, 7) is 0. The van der Waals surface area contributed by atoms with Gasteiger partial charge in [-0.05, 0) is 28.1 Å². The first-order valence-corrected chi connectivity index (χ1v) is 6.57. The number of rotatable bonds is 5. The molecule has 2 rings (SSSR count). The van der Waals surface area contributed by atoms with Gasteiger partial charge in [-0.3, -0.25) is 10.1 Å². The quantitative estimate of drug-likeness (QED) is 0.848. The van der Waals surface area contributed by atoms with Gasteiger partial charge >= 0.3 is 6.01 Å². The number of H-pyrrole nitrogens is 1. The number of amides is 1. The lowest BCUT2D eigenvalue weighted by atomic mass is 10.2. The molecule has 0 saturated heterocycles. The second kappa shape index (κ2) is 6.44. The van der Waals surface area contributed by atoms with Crippen molar-refractivity contribution in [3.05, 3.63) is 22.2 Å². The number of ether oxygens (including phenoxy) is 3. The molecule has 1 heterocycles. The number of anilines is 1. The van der Waals surface area contributed by atoms with Crippen LogP contribution in [0.25, 0.3) is 0 Å². The Morgan fingerprint density at radius 3 is 2.29 bits per heavy atom. The fourth-order valence-corrected chi connectivity index (χ4v) is 2.13. The van der Waals surface area contributed by atoms with E-state index in [2.05, 4.69) is 36.4 Å². The molecule has 2 aromatic rings. The summed E-state index contributed by atoms with van der Waals surface area (Å²) in [6, 6.07) is 3.29. The molecule has 9 heteroatoms. The summed E-state index contributed by atoms with van der Waals surface area (Å²) in [5.74, 6) is 0.750. The summed E-state index contributed by atoms with van der Waals surface area (Å²) in [7, 11) is 4.43. The second-order valence-electron chi connectivity index (χ2n) is 3.82. The number of methoxy groups -OCH3 is 3. The van der Waals surface area contributed by atoms with Gasteiger partial charge in [0.15, 0.2) is 0 Å². The maximum atomic E-state index is 12.2. The Labute approximate surface area is 128 Å². The number of carbonyl (C=O) groups is 1. The van der Waals surface area contributed by atoms with Crippen LogP contribution >= 0.6 is 15.9 Å². The monoisotopic (exact) mass is 356 g/mol. The van der Waals surface area contributed by atoms with E-state index in [0.717, 1.165) is 0 Å². The van der Waals surface area contributed by atoms with Crippen molar-refractivity contribution in [3.63, 3.8) is 0 Å². The van der Waals surface area contributed by atoms with Crippen LogP contribution in [0.3, 0.4) is 0 Å². The summed E-state index contributed by atoms with van der Waals surface area (Å²) >= 11 is 3.34. The Morgan fingerprint density at radius 1 is 1.19 bits per heavy atom. The molecule has 0 bridgehead atoms. The lowest BCUT2D eigenvalue weighted by Crippen LogP contribution is -2.13. The molecule has 0 spiro atoms. The van der Waals surface area contributed by atoms with E-state index in [0.29, 0.717) is 21.5 Å². The van der Waals surface area contributed by atoms with Gasteiger partial charge in [0, 0.05) is 5.56 Å². The number of nitrogens with zero attached hydrogens (tertiary/aromatic N) is 2. The molecule has 0 aliphatic carbocycles. The van der Waals surface area contributed by atoms with Crippen molar-refractivity contribution in [2.24, 2.45) is 0 Å². The van der Waals surface area contributed by atoms with Gasteiger partial charge in [0.25, 0.3) is 5.91 Å². The third-order valence-electron chi connectivity index (χ3n) is 2.59. The lowest BCUT2D eigenvalue weighted by molar-refractivity contribution is 0.102. The fraction of sp³-hybridized carbons (Fsp3) is 0.250. The molecule has 1 amide bonds. The summed E-state index contributed by atoms with van der Waals surface area (Å²) < 4.78 is 15.8. The molecule has 21 heavy (non-hydrogen) atoms.